The Morgan fingerprint density at radius 1 is 1.05 bits per heavy atom. The van der Waals surface area contributed by atoms with Crippen LogP contribution in [0.15, 0.2) is 18.3 Å². The van der Waals surface area contributed by atoms with Gasteiger partial charge in [0.1, 0.15) is 12.4 Å². The van der Waals surface area contributed by atoms with E-state index in [9.17, 15) is 0 Å². The molecule has 0 aliphatic heterocycles. The molecule has 0 bridgehead atoms. The molecule has 1 aromatic rings. The van der Waals surface area contributed by atoms with Gasteiger partial charge in [-0.25, -0.2) is 0 Å². The van der Waals surface area contributed by atoms with Gasteiger partial charge in [-0.15, -0.1) is 0 Å². The molecule has 0 fully saturated rings. The summed E-state index contributed by atoms with van der Waals surface area (Å²) in [5, 5.41) is 0. The van der Waals surface area contributed by atoms with Crippen molar-refractivity contribution in [1.29, 1.82) is 0 Å². The molecule has 0 saturated carbocycles. The minimum Gasteiger partial charge on any atom is -0.490 e. The van der Waals surface area contributed by atoms with Crippen LogP contribution < -0.4 is 10.5 Å². The monoisotopic (exact) mass is 298 g/mol. The molecule has 1 aromatic heterocycles. The lowest BCUT2D eigenvalue weighted by Gasteiger charge is -2.10. The number of methoxy groups -OCH3 is 1. The normalized spacial score (nSPS) is 12.3. The lowest BCUT2D eigenvalue weighted by molar-refractivity contribution is 0.0179. The number of nitrogens with two attached hydrogens (primary N) is 1. The summed E-state index contributed by atoms with van der Waals surface area (Å²) in [5.41, 5.74) is 6.78. The van der Waals surface area contributed by atoms with E-state index in [4.69, 9.17) is 24.7 Å². The highest BCUT2D eigenvalue weighted by Crippen LogP contribution is 2.14. The fourth-order valence-corrected chi connectivity index (χ4v) is 1.59. The molecule has 6 nitrogen and oxygen atoms in total. The Morgan fingerprint density at radius 2 is 1.71 bits per heavy atom. The van der Waals surface area contributed by atoms with Crippen molar-refractivity contribution in [3.63, 3.8) is 0 Å². The van der Waals surface area contributed by atoms with Crippen LogP contribution >= 0.6 is 0 Å². The zero-order valence-corrected chi connectivity index (χ0v) is 12.9. The van der Waals surface area contributed by atoms with Crippen LogP contribution in [0.2, 0.25) is 0 Å². The minimum atomic E-state index is -0.0134. The summed E-state index contributed by atoms with van der Waals surface area (Å²) in [6.45, 7) is 5.35. The van der Waals surface area contributed by atoms with E-state index in [1.807, 2.05) is 19.1 Å². The third-order valence-corrected chi connectivity index (χ3v) is 2.88. The Kier molecular flexibility index (Phi) is 9.73. The average molecular weight is 298 g/mol. The SMILES string of the molecule is CC[C@H](N)c1ccc(OCCOCCOCCOC)cn1. The maximum atomic E-state index is 5.90. The van der Waals surface area contributed by atoms with Gasteiger partial charge in [-0.3, -0.25) is 4.98 Å². The van der Waals surface area contributed by atoms with E-state index in [0.717, 1.165) is 17.9 Å². The summed E-state index contributed by atoms with van der Waals surface area (Å²) in [6.07, 6.45) is 2.56. The van der Waals surface area contributed by atoms with E-state index in [2.05, 4.69) is 4.98 Å². The first kappa shape index (κ1) is 17.8. The second-order valence-corrected chi connectivity index (χ2v) is 4.50. The molecule has 21 heavy (non-hydrogen) atoms. The highest BCUT2D eigenvalue weighted by atomic mass is 16.6. The molecule has 1 atom stereocenters. The van der Waals surface area contributed by atoms with E-state index in [1.54, 1.807) is 13.3 Å². The topological polar surface area (TPSA) is 75.8 Å². The molecule has 1 heterocycles. The summed E-state index contributed by atoms with van der Waals surface area (Å²) < 4.78 is 21.1. The standard InChI is InChI=1S/C15H26N2O4/c1-3-14(16)15-5-4-13(12-17-15)21-11-10-20-9-8-19-7-6-18-2/h4-5,12,14H,3,6-11,16H2,1-2H3/t14-/m0/s1. The van der Waals surface area contributed by atoms with E-state index in [-0.39, 0.29) is 6.04 Å². The Bertz CT molecular complexity index is 359. The minimum absolute atomic E-state index is 0.0134. The molecule has 0 aromatic carbocycles. The maximum Gasteiger partial charge on any atom is 0.137 e. The second-order valence-electron chi connectivity index (χ2n) is 4.50. The Morgan fingerprint density at radius 3 is 2.29 bits per heavy atom. The third-order valence-electron chi connectivity index (χ3n) is 2.88. The van der Waals surface area contributed by atoms with Crippen LogP contribution in [-0.2, 0) is 14.2 Å². The van der Waals surface area contributed by atoms with Crippen molar-refractivity contribution in [3.8, 4) is 5.75 Å². The van der Waals surface area contributed by atoms with E-state index in [1.165, 1.54) is 0 Å². The first-order valence-electron chi connectivity index (χ1n) is 7.26. The number of hydrogen-bond acceptors (Lipinski definition) is 6. The molecule has 1 rings (SSSR count). The molecule has 0 spiro atoms. The lowest BCUT2D eigenvalue weighted by atomic mass is 10.1. The summed E-state index contributed by atoms with van der Waals surface area (Å²) in [4.78, 5) is 4.28. The molecule has 6 heteroatoms. The molecule has 0 aliphatic carbocycles. The molecule has 120 valence electrons. The molecule has 0 unspecified atom stereocenters. The summed E-state index contributed by atoms with van der Waals surface area (Å²) in [6, 6.07) is 3.76. The Balaban J connectivity index is 2.05. The van der Waals surface area contributed by atoms with Gasteiger partial charge in [0.05, 0.1) is 44.9 Å². The molecular weight excluding hydrogens is 272 g/mol. The summed E-state index contributed by atoms with van der Waals surface area (Å²) in [5.74, 6) is 0.724. The van der Waals surface area contributed by atoms with Gasteiger partial charge < -0.3 is 24.7 Å². The van der Waals surface area contributed by atoms with Crippen LogP contribution in [0.1, 0.15) is 25.1 Å². The van der Waals surface area contributed by atoms with Crippen LogP contribution in [0.3, 0.4) is 0 Å². The van der Waals surface area contributed by atoms with Crippen molar-refractivity contribution in [2.24, 2.45) is 5.73 Å². The highest BCUT2D eigenvalue weighted by Gasteiger charge is 2.04. The smallest absolute Gasteiger partial charge is 0.137 e. The quantitative estimate of drug-likeness (QED) is 0.590. The zero-order chi connectivity index (χ0) is 15.3. The molecule has 2 N–H and O–H groups in total. The predicted molar refractivity (Wildman–Crippen MR) is 80.5 cm³/mol. The second kappa shape index (κ2) is 11.4. The van der Waals surface area contributed by atoms with Gasteiger partial charge in [0.15, 0.2) is 0 Å². The van der Waals surface area contributed by atoms with Gasteiger partial charge in [0.25, 0.3) is 0 Å². The van der Waals surface area contributed by atoms with Crippen molar-refractivity contribution >= 4 is 0 Å². The third kappa shape index (κ3) is 7.96. The van der Waals surface area contributed by atoms with Crippen LogP contribution in [0, 0.1) is 0 Å². The van der Waals surface area contributed by atoms with Crippen LogP contribution in [0.5, 0.6) is 5.75 Å². The summed E-state index contributed by atoms with van der Waals surface area (Å²) in [7, 11) is 1.65. The number of hydrogen-bond donors (Lipinski definition) is 1. The molecule has 0 saturated heterocycles. The van der Waals surface area contributed by atoms with E-state index >= 15 is 0 Å². The van der Waals surface area contributed by atoms with Crippen LogP contribution in [-0.4, -0.2) is 51.7 Å². The van der Waals surface area contributed by atoms with Gasteiger partial charge in [0.2, 0.25) is 0 Å². The fourth-order valence-electron chi connectivity index (χ4n) is 1.59. The number of rotatable bonds is 12. The summed E-state index contributed by atoms with van der Waals surface area (Å²) >= 11 is 0. The van der Waals surface area contributed by atoms with E-state index in [0.29, 0.717) is 39.6 Å². The Labute approximate surface area is 126 Å². The highest BCUT2D eigenvalue weighted by molar-refractivity contribution is 5.21. The first-order valence-corrected chi connectivity index (χ1v) is 7.26. The molecule has 0 radical (unpaired) electrons. The van der Waals surface area contributed by atoms with Crippen LogP contribution in [0.25, 0.3) is 0 Å². The van der Waals surface area contributed by atoms with Gasteiger partial charge in [-0.1, -0.05) is 6.92 Å². The average Bonchev–Trinajstić information content (AvgIpc) is 2.53. The predicted octanol–water partition coefficient (Wildman–Crippen LogP) is 1.55. The van der Waals surface area contributed by atoms with Crippen molar-refractivity contribution in [2.75, 3.05) is 46.8 Å². The van der Waals surface area contributed by atoms with Gasteiger partial charge in [-0.2, -0.15) is 0 Å². The number of nitrogens with zero attached hydrogens (tertiary/aromatic N) is 1. The number of ether oxygens (including phenoxy) is 4. The first-order chi connectivity index (χ1) is 10.3. The number of pyridine rings is 1. The molecule has 0 amide bonds. The lowest BCUT2D eigenvalue weighted by Crippen LogP contribution is -2.13. The zero-order valence-electron chi connectivity index (χ0n) is 12.9. The van der Waals surface area contributed by atoms with Gasteiger partial charge in [-0.05, 0) is 18.6 Å². The molecular formula is C15H26N2O4. The van der Waals surface area contributed by atoms with Crippen LogP contribution in [0.4, 0.5) is 0 Å². The van der Waals surface area contributed by atoms with Gasteiger partial charge >= 0.3 is 0 Å². The van der Waals surface area contributed by atoms with Crippen molar-refractivity contribution in [3.05, 3.63) is 24.0 Å². The largest absolute Gasteiger partial charge is 0.490 e. The van der Waals surface area contributed by atoms with E-state index < -0.39 is 0 Å². The number of aromatic nitrogens is 1. The Hall–Kier alpha value is -1.21. The van der Waals surface area contributed by atoms with Crippen molar-refractivity contribution in [2.45, 2.75) is 19.4 Å². The van der Waals surface area contributed by atoms with Gasteiger partial charge in [0, 0.05) is 13.2 Å². The maximum absolute atomic E-state index is 5.90. The fraction of sp³-hybridized carbons (Fsp3) is 0.667. The van der Waals surface area contributed by atoms with Crippen molar-refractivity contribution < 1.29 is 18.9 Å². The van der Waals surface area contributed by atoms with Crippen molar-refractivity contribution in [1.82, 2.24) is 4.98 Å². The molecule has 0 aliphatic rings.